The van der Waals surface area contributed by atoms with E-state index in [1.807, 2.05) is 6.07 Å². The Morgan fingerprint density at radius 1 is 1.45 bits per heavy atom. The highest BCUT2D eigenvalue weighted by molar-refractivity contribution is 9.10. The monoisotopic (exact) mass is 214 g/mol. The maximum Gasteiger partial charge on any atom is 0.241 e. The second-order valence-electron chi connectivity index (χ2n) is 2.18. The molecule has 0 radical (unpaired) electrons. The van der Waals surface area contributed by atoms with Crippen molar-refractivity contribution < 1.29 is 4.39 Å². The smallest absolute Gasteiger partial charge is 0.241 e. The molecule has 0 aliphatic rings. The molecule has 4 heteroatoms. The van der Waals surface area contributed by atoms with Crippen LogP contribution >= 0.6 is 15.9 Å². The molecule has 1 aromatic heterocycles. The molecule has 56 valence electrons. The van der Waals surface area contributed by atoms with Gasteiger partial charge in [-0.15, -0.1) is 5.10 Å². The van der Waals surface area contributed by atoms with Gasteiger partial charge >= 0.3 is 0 Å². The van der Waals surface area contributed by atoms with Gasteiger partial charge in [0.15, 0.2) is 0 Å². The van der Waals surface area contributed by atoms with Crippen molar-refractivity contribution >= 4 is 26.8 Å². The lowest BCUT2D eigenvalue weighted by molar-refractivity contribution is 0.588. The third kappa shape index (κ3) is 0.939. The number of nitrogens with zero attached hydrogens (tertiary/aromatic N) is 1. The van der Waals surface area contributed by atoms with Gasteiger partial charge < -0.3 is 0 Å². The van der Waals surface area contributed by atoms with E-state index in [2.05, 4.69) is 26.1 Å². The Labute approximate surface area is 70.5 Å². The SMILES string of the molecule is Fc1n[nH]c2cccc(Br)c12. The first-order chi connectivity index (χ1) is 5.29. The quantitative estimate of drug-likeness (QED) is 0.718. The molecule has 0 saturated carbocycles. The number of aromatic nitrogens is 2. The molecule has 0 fully saturated rings. The molecule has 1 N–H and O–H groups in total. The lowest BCUT2D eigenvalue weighted by Crippen LogP contribution is -1.72. The molecule has 0 aliphatic carbocycles. The molecule has 0 spiro atoms. The zero-order chi connectivity index (χ0) is 7.84. The summed E-state index contributed by atoms with van der Waals surface area (Å²) in [5.74, 6) is -0.465. The molecule has 2 aromatic rings. The molecule has 0 atom stereocenters. The van der Waals surface area contributed by atoms with E-state index in [1.165, 1.54) is 0 Å². The summed E-state index contributed by atoms with van der Waals surface area (Å²) in [7, 11) is 0. The van der Waals surface area contributed by atoms with Crippen molar-refractivity contribution in [1.82, 2.24) is 10.2 Å². The Balaban J connectivity index is 2.96. The molecule has 1 aromatic carbocycles. The van der Waals surface area contributed by atoms with Gasteiger partial charge in [0.2, 0.25) is 5.95 Å². The molecule has 0 aliphatic heterocycles. The van der Waals surface area contributed by atoms with Gasteiger partial charge in [-0.25, -0.2) is 0 Å². The molecule has 0 unspecified atom stereocenters. The number of halogens is 2. The van der Waals surface area contributed by atoms with Crippen molar-refractivity contribution in [2.24, 2.45) is 0 Å². The summed E-state index contributed by atoms with van der Waals surface area (Å²) in [5.41, 5.74) is 0.705. The van der Waals surface area contributed by atoms with E-state index in [4.69, 9.17) is 0 Å². The predicted molar refractivity (Wildman–Crippen MR) is 43.8 cm³/mol. The van der Waals surface area contributed by atoms with Crippen LogP contribution in [0, 0.1) is 5.95 Å². The van der Waals surface area contributed by atoms with Gasteiger partial charge in [0.05, 0.1) is 10.9 Å². The average Bonchev–Trinajstić information content (AvgIpc) is 2.34. The number of nitrogens with one attached hydrogen (secondary N) is 1. The Morgan fingerprint density at radius 3 is 3.00 bits per heavy atom. The lowest BCUT2D eigenvalue weighted by Gasteiger charge is -1.89. The van der Waals surface area contributed by atoms with E-state index >= 15 is 0 Å². The first kappa shape index (κ1) is 6.79. The number of H-pyrrole nitrogens is 1. The van der Waals surface area contributed by atoms with Crippen LogP contribution in [-0.2, 0) is 0 Å². The Bertz CT molecular complexity index is 396. The maximum absolute atomic E-state index is 12.8. The summed E-state index contributed by atoms with van der Waals surface area (Å²) < 4.78 is 13.6. The zero-order valence-corrected chi connectivity index (χ0v) is 7.02. The number of hydrogen-bond acceptors (Lipinski definition) is 1. The van der Waals surface area contributed by atoms with Gasteiger partial charge in [-0.1, -0.05) is 6.07 Å². The number of benzene rings is 1. The second-order valence-corrected chi connectivity index (χ2v) is 3.03. The Morgan fingerprint density at radius 2 is 2.27 bits per heavy atom. The van der Waals surface area contributed by atoms with Crippen molar-refractivity contribution in [2.75, 3.05) is 0 Å². The third-order valence-corrected chi connectivity index (χ3v) is 2.16. The molecule has 1 heterocycles. The molecule has 0 amide bonds. The molecule has 0 saturated heterocycles. The Hall–Kier alpha value is -0.900. The van der Waals surface area contributed by atoms with Crippen molar-refractivity contribution in [3.8, 4) is 0 Å². The zero-order valence-electron chi connectivity index (χ0n) is 5.44. The van der Waals surface area contributed by atoms with Gasteiger partial charge in [-0.05, 0) is 28.1 Å². The van der Waals surface area contributed by atoms with Crippen LogP contribution in [0.4, 0.5) is 4.39 Å². The minimum absolute atomic E-state index is 0.465. The van der Waals surface area contributed by atoms with Crippen LogP contribution in [0.5, 0.6) is 0 Å². The van der Waals surface area contributed by atoms with E-state index in [1.54, 1.807) is 12.1 Å². The van der Waals surface area contributed by atoms with Crippen molar-refractivity contribution in [3.63, 3.8) is 0 Å². The summed E-state index contributed by atoms with van der Waals surface area (Å²) in [6, 6.07) is 5.38. The average molecular weight is 215 g/mol. The van der Waals surface area contributed by atoms with Crippen molar-refractivity contribution in [1.29, 1.82) is 0 Å². The van der Waals surface area contributed by atoms with Crippen LogP contribution < -0.4 is 0 Å². The number of rotatable bonds is 0. The van der Waals surface area contributed by atoms with Gasteiger partial charge in [0, 0.05) is 4.47 Å². The van der Waals surface area contributed by atoms with Crippen molar-refractivity contribution in [3.05, 3.63) is 28.6 Å². The van der Waals surface area contributed by atoms with E-state index in [0.717, 1.165) is 4.47 Å². The number of aromatic amines is 1. The highest BCUT2D eigenvalue weighted by Crippen LogP contribution is 2.23. The predicted octanol–water partition coefficient (Wildman–Crippen LogP) is 2.46. The number of hydrogen-bond donors (Lipinski definition) is 1. The van der Waals surface area contributed by atoms with Crippen LogP contribution in [0.1, 0.15) is 0 Å². The van der Waals surface area contributed by atoms with E-state index < -0.39 is 5.95 Å². The maximum atomic E-state index is 12.8. The summed E-state index contributed by atoms with van der Waals surface area (Å²) >= 11 is 3.23. The minimum Gasteiger partial charge on any atom is -0.275 e. The summed E-state index contributed by atoms with van der Waals surface area (Å²) in [6.07, 6.45) is 0. The van der Waals surface area contributed by atoms with E-state index in [-0.39, 0.29) is 0 Å². The van der Waals surface area contributed by atoms with Gasteiger partial charge in [-0.2, -0.15) is 4.39 Å². The van der Waals surface area contributed by atoms with Crippen LogP contribution in [0.3, 0.4) is 0 Å². The third-order valence-electron chi connectivity index (χ3n) is 1.49. The van der Waals surface area contributed by atoms with Gasteiger partial charge in [0.25, 0.3) is 0 Å². The molecule has 2 rings (SSSR count). The van der Waals surface area contributed by atoms with E-state index in [0.29, 0.717) is 10.9 Å². The fourth-order valence-corrected chi connectivity index (χ4v) is 1.52. The van der Waals surface area contributed by atoms with Crippen LogP contribution in [0.2, 0.25) is 0 Å². The standard InChI is InChI=1S/C7H4BrFN2/c8-4-2-1-3-5-6(4)7(9)11-10-5/h1-3H,(H,10,11). The lowest BCUT2D eigenvalue weighted by atomic mass is 10.3. The molecule has 11 heavy (non-hydrogen) atoms. The topological polar surface area (TPSA) is 28.7 Å². The summed E-state index contributed by atoms with van der Waals surface area (Å²) in [6.45, 7) is 0. The first-order valence-electron chi connectivity index (χ1n) is 3.07. The highest BCUT2D eigenvalue weighted by atomic mass is 79.9. The fraction of sp³-hybridized carbons (Fsp3) is 0. The van der Waals surface area contributed by atoms with Gasteiger partial charge in [-0.3, -0.25) is 5.10 Å². The summed E-state index contributed by atoms with van der Waals surface area (Å²) in [4.78, 5) is 0. The first-order valence-corrected chi connectivity index (χ1v) is 3.86. The van der Waals surface area contributed by atoms with Crippen molar-refractivity contribution in [2.45, 2.75) is 0 Å². The van der Waals surface area contributed by atoms with Gasteiger partial charge in [0.1, 0.15) is 0 Å². The van der Waals surface area contributed by atoms with Crippen LogP contribution in [0.25, 0.3) is 10.9 Å². The molecular weight excluding hydrogens is 211 g/mol. The Kier molecular flexibility index (Phi) is 1.42. The molecule has 2 nitrogen and oxygen atoms in total. The highest BCUT2D eigenvalue weighted by Gasteiger charge is 2.06. The fourth-order valence-electron chi connectivity index (χ4n) is 0.992. The molecular formula is C7H4BrFN2. The number of fused-ring (bicyclic) bond motifs is 1. The molecule has 0 bridgehead atoms. The minimum atomic E-state index is -0.465. The van der Waals surface area contributed by atoms with Crippen LogP contribution in [0.15, 0.2) is 22.7 Å². The summed E-state index contributed by atoms with van der Waals surface area (Å²) in [5, 5.41) is 6.52. The second kappa shape index (κ2) is 2.30. The van der Waals surface area contributed by atoms with E-state index in [9.17, 15) is 4.39 Å². The normalized spacial score (nSPS) is 10.7. The van der Waals surface area contributed by atoms with Crippen LogP contribution in [-0.4, -0.2) is 10.2 Å². The largest absolute Gasteiger partial charge is 0.275 e.